The Morgan fingerprint density at radius 3 is 3.06 bits per heavy atom. The fourth-order valence-electron chi connectivity index (χ4n) is 2.55. The quantitative estimate of drug-likeness (QED) is 0.847. The number of aromatic nitrogens is 1. The molecule has 2 atom stereocenters. The molecule has 0 bridgehead atoms. The Bertz CT molecular complexity index is 622. The van der Waals surface area contributed by atoms with Gasteiger partial charge in [-0.2, -0.15) is 0 Å². The molecule has 2 heterocycles. The standard InChI is InChI=1S/C13H16N2O3/c1-13(5-2-6-17-13)11(14)8-3-4-9-10(7-8)18-12(16)15-9/h3-4,7,11H,2,5-6,14H2,1H3,(H,15,16). The molecule has 5 heteroatoms. The van der Waals surface area contributed by atoms with E-state index in [4.69, 9.17) is 14.9 Å². The summed E-state index contributed by atoms with van der Waals surface area (Å²) >= 11 is 0. The van der Waals surface area contributed by atoms with Crippen LogP contribution in [-0.2, 0) is 4.74 Å². The van der Waals surface area contributed by atoms with Crippen LogP contribution in [0.1, 0.15) is 31.4 Å². The van der Waals surface area contributed by atoms with Gasteiger partial charge in [0.25, 0.3) is 0 Å². The Balaban J connectivity index is 2.00. The number of H-pyrrole nitrogens is 1. The molecule has 2 unspecified atom stereocenters. The van der Waals surface area contributed by atoms with Crippen molar-refractivity contribution in [3.63, 3.8) is 0 Å². The van der Waals surface area contributed by atoms with Crippen molar-refractivity contribution in [1.29, 1.82) is 0 Å². The van der Waals surface area contributed by atoms with Crippen molar-refractivity contribution in [1.82, 2.24) is 4.98 Å². The fraction of sp³-hybridized carbons (Fsp3) is 0.462. The van der Waals surface area contributed by atoms with Gasteiger partial charge in [-0.05, 0) is 37.5 Å². The number of nitrogens with one attached hydrogen (secondary N) is 1. The molecule has 3 rings (SSSR count). The van der Waals surface area contributed by atoms with Gasteiger partial charge in [0.1, 0.15) is 0 Å². The summed E-state index contributed by atoms with van der Waals surface area (Å²) in [6, 6.07) is 5.31. The molecule has 1 aromatic carbocycles. The summed E-state index contributed by atoms with van der Waals surface area (Å²) in [6.45, 7) is 2.79. The summed E-state index contributed by atoms with van der Waals surface area (Å²) < 4.78 is 10.8. The Morgan fingerprint density at radius 1 is 1.50 bits per heavy atom. The zero-order valence-electron chi connectivity index (χ0n) is 10.2. The number of rotatable bonds is 2. The van der Waals surface area contributed by atoms with Crippen molar-refractivity contribution in [2.24, 2.45) is 5.73 Å². The lowest BCUT2D eigenvalue weighted by Crippen LogP contribution is -2.37. The first-order valence-electron chi connectivity index (χ1n) is 6.11. The van der Waals surface area contributed by atoms with Crippen molar-refractivity contribution in [3.8, 4) is 0 Å². The highest BCUT2D eigenvalue weighted by molar-refractivity contribution is 5.72. The molecule has 1 saturated heterocycles. The van der Waals surface area contributed by atoms with Crippen molar-refractivity contribution in [2.45, 2.75) is 31.4 Å². The Kier molecular flexibility index (Phi) is 2.53. The molecular formula is C13H16N2O3. The summed E-state index contributed by atoms with van der Waals surface area (Å²) in [5, 5.41) is 0. The van der Waals surface area contributed by atoms with E-state index in [0.717, 1.165) is 25.0 Å². The number of hydrogen-bond acceptors (Lipinski definition) is 4. The summed E-state index contributed by atoms with van der Waals surface area (Å²) in [6.07, 6.45) is 1.98. The predicted molar refractivity (Wildman–Crippen MR) is 67.4 cm³/mol. The highest BCUT2D eigenvalue weighted by atomic mass is 16.5. The summed E-state index contributed by atoms with van der Waals surface area (Å²) in [5.74, 6) is -0.445. The van der Waals surface area contributed by atoms with E-state index in [1.54, 1.807) is 0 Å². The molecule has 96 valence electrons. The average molecular weight is 248 g/mol. The highest BCUT2D eigenvalue weighted by Crippen LogP contribution is 2.36. The monoisotopic (exact) mass is 248 g/mol. The van der Waals surface area contributed by atoms with Gasteiger partial charge in [-0.15, -0.1) is 0 Å². The van der Waals surface area contributed by atoms with Crippen LogP contribution in [0, 0.1) is 0 Å². The van der Waals surface area contributed by atoms with E-state index < -0.39 is 5.76 Å². The molecule has 0 amide bonds. The smallest absolute Gasteiger partial charge is 0.408 e. The normalized spacial score (nSPS) is 25.7. The third-order valence-electron chi connectivity index (χ3n) is 3.71. The van der Waals surface area contributed by atoms with Gasteiger partial charge in [0.2, 0.25) is 0 Å². The van der Waals surface area contributed by atoms with E-state index in [1.165, 1.54) is 0 Å². The van der Waals surface area contributed by atoms with Crippen LogP contribution in [0.5, 0.6) is 0 Å². The Labute approximate surface area is 104 Å². The van der Waals surface area contributed by atoms with E-state index in [0.29, 0.717) is 11.1 Å². The minimum Gasteiger partial charge on any atom is -0.408 e. The van der Waals surface area contributed by atoms with Crippen LogP contribution in [0.4, 0.5) is 0 Å². The van der Waals surface area contributed by atoms with Crippen LogP contribution < -0.4 is 11.5 Å². The largest absolute Gasteiger partial charge is 0.417 e. The van der Waals surface area contributed by atoms with Gasteiger partial charge in [-0.1, -0.05) is 6.07 Å². The van der Waals surface area contributed by atoms with Crippen LogP contribution in [0.3, 0.4) is 0 Å². The van der Waals surface area contributed by atoms with Crippen molar-refractivity contribution in [2.75, 3.05) is 6.61 Å². The number of ether oxygens (including phenoxy) is 1. The number of aromatic amines is 1. The lowest BCUT2D eigenvalue weighted by molar-refractivity contribution is -0.00171. The topological polar surface area (TPSA) is 81.3 Å². The molecule has 1 aliphatic heterocycles. The minimum atomic E-state index is -0.445. The first kappa shape index (κ1) is 11.5. The van der Waals surface area contributed by atoms with Gasteiger partial charge >= 0.3 is 5.76 Å². The first-order valence-corrected chi connectivity index (χ1v) is 6.11. The first-order chi connectivity index (χ1) is 8.58. The summed E-state index contributed by atoms with van der Waals surface area (Å²) in [7, 11) is 0. The molecule has 3 N–H and O–H groups in total. The number of benzene rings is 1. The number of oxazole rings is 1. The number of nitrogens with two attached hydrogens (primary N) is 1. The minimum absolute atomic E-state index is 0.218. The van der Waals surface area contributed by atoms with Gasteiger partial charge in [0.05, 0.1) is 17.2 Å². The molecule has 1 aromatic heterocycles. The lowest BCUT2D eigenvalue weighted by Gasteiger charge is -2.30. The van der Waals surface area contributed by atoms with Crippen molar-refractivity contribution >= 4 is 11.1 Å². The van der Waals surface area contributed by atoms with E-state index in [9.17, 15) is 4.79 Å². The molecule has 0 spiro atoms. The zero-order valence-corrected chi connectivity index (χ0v) is 10.2. The second-order valence-electron chi connectivity index (χ2n) is 5.01. The van der Waals surface area contributed by atoms with E-state index >= 15 is 0 Å². The van der Waals surface area contributed by atoms with Crippen LogP contribution in [0.15, 0.2) is 27.4 Å². The predicted octanol–water partition coefficient (Wildman–Crippen LogP) is 1.69. The van der Waals surface area contributed by atoms with Crippen LogP contribution in [0.2, 0.25) is 0 Å². The third kappa shape index (κ3) is 1.76. The second-order valence-corrected chi connectivity index (χ2v) is 5.01. The molecular weight excluding hydrogens is 232 g/mol. The van der Waals surface area contributed by atoms with Gasteiger partial charge in [-0.3, -0.25) is 4.98 Å². The molecule has 18 heavy (non-hydrogen) atoms. The van der Waals surface area contributed by atoms with Crippen LogP contribution in [-0.4, -0.2) is 17.2 Å². The highest BCUT2D eigenvalue weighted by Gasteiger charge is 2.37. The van der Waals surface area contributed by atoms with Gasteiger partial charge in [-0.25, -0.2) is 4.79 Å². The maximum atomic E-state index is 11.1. The molecule has 1 aliphatic rings. The Morgan fingerprint density at radius 2 is 2.33 bits per heavy atom. The fourth-order valence-corrected chi connectivity index (χ4v) is 2.55. The lowest BCUT2D eigenvalue weighted by atomic mass is 9.88. The van der Waals surface area contributed by atoms with Crippen molar-refractivity contribution in [3.05, 3.63) is 34.3 Å². The van der Waals surface area contributed by atoms with Crippen LogP contribution >= 0.6 is 0 Å². The molecule has 0 radical (unpaired) electrons. The molecule has 0 saturated carbocycles. The number of fused-ring (bicyclic) bond motifs is 1. The summed E-state index contributed by atoms with van der Waals surface area (Å²) in [5.41, 5.74) is 8.10. The third-order valence-corrected chi connectivity index (χ3v) is 3.71. The summed E-state index contributed by atoms with van der Waals surface area (Å²) in [4.78, 5) is 13.7. The van der Waals surface area contributed by atoms with Gasteiger partial charge in [0, 0.05) is 6.61 Å². The van der Waals surface area contributed by atoms with Gasteiger partial charge in [0.15, 0.2) is 5.58 Å². The van der Waals surface area contributed by atoms with E-state index in [2.05, 4.69) is 4.98 Å². The van der Waals surface area contributed by atoms with Crippen molar-refractivity contribution < 1.29 is 9.15 Å². The second kappa shape index (κ2) is 3.96. The van der Waals surface area contributed by atoms with E-state index in [1.807, 2.05) is 25.1 Å². The average Bonchev–Trinajstić information content (AvgIpc) is 2.93. The zero-order chi connectivity index (χ0) is 12.8. The number of hydrogen-bond donors (Lipinski definition) is 2. The molecule has 1 fully saturated rings. The van der Waals surface area contributed by atoms with Crippen LogP contribution in [0.25, 0.3) is 11.1 Å². The van der Waals surface area contributed by atoms with E-state index in [-0.39, 0.29) is 11.6 Å². The van der Waals surface area contributed by atoms with Gasteiger partial charge < -0.3 is 14.9 Å². The maximum Gasteiger partial charge on any atom is 0.417 e. The molecule has 5 nitrogen and oxygen atoms in total. The maximum absolute atomic E-state index is 11.1. The Hall–Kier alpha value is -1.59. The molecule has 0 aliphatic carbocycles. The molecule has 2 aromatic rings. The SMILES string of the molecule is CC1(C(N)c2ccc3[nH]c(=O)oc3c2)CCCO1.